The van der Waals surface area contributed by atoms with Gasteiger partial charge in [0.05, 0.1) is 13.1 Å². The van der Waals surface area contributed by atoms with Crippen LogP contribution in [0.5, 0.6) is 0 Å². The highest BCUT2D eigenvalue weighted by atomic mass is 16.6. The maximum atomic E-state index is 12.3. The molecule has 3 saturated heterocycles. The summed E-state index contributed by atoms with van der Waals surface area (Å²) < 4.78 is 10.8. The summed E-state index contributed by atoms with van der Waals surface area (Å²) in [5, 5.41) is 19.5. The molecule has 0 spiro atoms. The number of carboxylic acid groups (broad SMARTS) is 1. The number of carboxylic acids is 1. The first-order valence-corrected chi connectivity index (χ1v) is 12.2. The third kappa shape index (κ3) is 8.82. The van der Waals surface area contributed by atoms with Crippen molar-refractivity contribution < 1.29 is 29.0 Å². The van der Waals surface area contributed by atoms with Crippen LogP contribution in [0.25, 0.3) is 0 Å². The molecule has 3 aliphatic heterocycles. The van der Waals surface area contributed by atoms with E-state index in [-0.39, 0.29) is 24.7 Å². The van der Waals surface area contributed by atoms with E-state index in [0.29, 0.717) is 45.8 Å². The average Bonchev–Trinajstić information content (AvgIpc) is 3.11. The first-order valence-electron chi connectivity index (χ1n) is 12.2. The number of carbonyl (C=O) groups excluding carboxylic acids is 2. The molecule has 1 atom stereocenters. The van der Waals surface area contributed by atoms with Gasteiger partial charge in [0.15, 0.2) is 0 Å². The van der Waals surface area contributed by atoms with Gasteiger partial charge in [0.2, 0.25) is 5.96 Å². The van der Waals surface area contributed by atoms with Gasteiger partial charge in [-0.15, -0.1) is 0 Å². The molecule has 3 N–H and O–H groups in total. The number of alkyl carbamates (subject to hydrolysis) is 1. The number of amides is 2. The van der Waals surface area contributed by atoms with Gasteiger partial charge in [0.25, 0.3) is 0 Å². The number of hydrogen-bond acceptors (Lipinski definition) is 9. The predicted molar refractivity (Wildman–Crippen MR) is 127 cm³/mol. The molecule has 0 aromatic heterocycles. The molecular weight excluding hydrogens is 458 g/mol. The molecule has 3 fully saturated rings. The van der Waals surface area contributed by atoms with Crippen LogP contribution in [0.3, 0.4) is 0 Å². The SMILES string of the molecule is CC(C)(C)OC(=O)NC(=N)N1CCN(CCN2CC(CN3CCN(CC(=O)O)CC3)OC2=O)CC1. The Morgan fingerprint density at radius 1 is 1.03 bits per heavy atom. The summed E-state index contributed by atoms with van der Waals surface area (Å²) in [6.45, 7) is 13.5. The van der Waals surface area contributed by atoms with E-state index in [1.165, 1.54) is 0 Å². The summed E-state index contributed by atoms with van der Waals surface area (Å²) >= 11 is 0. The number of piperazine rings is 2. The third-order valence-electron chi connectivity index (χ3n) is 6.23. The maximum Gasteiger partial charge on any atom is 0.414 e. The van der Waals surface area contributed by atoms with Gasteiger partial charge in [0, 0.05) is 72.0 Å². The zero-order valence-corrected chi connectivity index (χ0v) is 21.0. The van der Waals surface area contributed by atoms with Gasteiger partial charge < -0.3 is 24.4 Å². The molecule has 3 rings (SSSR count). The number of cyclic esters (lactones) is 1. The zero-order chi connectivity index (χ0) is 25.6. The zero-order valence-electron chi connectivity index (χ0n) is 21.0. The van der Waals surface area contributed by atoms with Gasteiger partial charge in [-0.2, -0.15) is 0 Å². The molecule has 2 amide bonds. The Morgan fingerprint density at radius 3 is 2.23 bits per heavy atom. The van der Waals surface area contributed by atoms with Crippen LogP contribution in [-0.2, 0) is 14.3 Å². The van der Waals surface area contributed by atoms with Gasteiger partial charge >= 0.3 is 18.2 Å². The van der Waals surface area contributed by atoms with Gasteiger partial charge in [-0.05, 0) is 20.8 Å². The number of rotatable bonds is 7. The molecule has 3 heterocycles. The minimum Gasteiger partial charge on any atom is -0.480 e. The highest BCUT2D eigenvalue weighted by Crippen LogP contribution is 2.14. The second-order valence-electron chi connectivity index (χ2n) is 10.2. The lowest BCUT2D eigenvalue weighted by molar-refractivity contribution is -0.138. The van der Waals surface area contributed by atoms with E-state index < -0.39 is 17.7 Å². The van der Waals surface area contributed by atoms with Crippen LogP contribution in [-0.4, -0.2) is 151 Å². The van der Waals surface area contributed by atoms with E-state index in [1.807, 2.05) is 4.90 Å². The molecule has 198 valence electrons. The van der Waals surface area contributed by atoms with E-state index in [2.05, 4.69) is 15.1 Å². The standard InChI is InChI=1S/C22H39N7O6/c1-22(2,3)35-20(32)24-19(23)28-11-8-25(9-12-28)10-13-29-15-17(34-21(29)33)14-26-4-6-27(7-5-26)16-18(30)31/h17H,4-16H2,1-3H3,(H,30,31)(H2,23,24,32). The second kappa shape index (κ2) is 11.9. The van der Waals surface area contributed by atoms with Gasteiger partial charge in [-0.3, -0.25) is 30.2 Å². The minimum atomic E-state index is -0.809. The van der Waals surface area contributed by atoms with Crippen LogP contribution in [0, 0.1) is 5.41 Å². The summed E-state index contributed by atoms with van der Waals surface area (Å²) in [4.78, 5) is 45.0. The Hall–Kier alpha value is -2.64. The van der Waals surface area contributed by atoms with Crippen LogP contribution >= 0.6 is 0 Å². The summed E-state index contributed by atoms with van der Waals surface area (Å²) in [7, 11) is 0. The number of aliphatic carboxylic acids is 1. The number of carbonyl (C=O) groups is 3. The van der Waals surface area contributed by atoms with Crippen LogP contribution < -0.4 is 5.32 Å². The van der Waals surface area contributed by atoms with Crippen LogP contribution in [0.15, 0.2) is 0 Å². The molecule has 0 aromatic rings. The molecular formula is C22H39N7O6. The van der Waals surface area contributed by atoms with Crippen molar-refractivity contribution in [2.75, 3.05) is 85.1 Å². The molecule has 13 heteroatoms. The Kier molecular flexibility index (Phi) is 9.14. The molecule has 0 bridgehead atoms. The quantitative estimate of drug-likeness (QED) is 0.314. The number of nitrogens with one attached hydrogen (secondary N) is 2. The maximum absolute atomic E-state index is 12.3. The monoisotopic (exact) mass is 497 g/mol. The molecule has 0 radical (unpaired) electrons. The summed E-state index contributed by atoms with van der Waals surface area (Å²) in [5.74, 6) is -0.774. The lowest BCUT2D eigenvalue weighted by atomic mass is 10.2. The highest BCUT2D eigenvalue weighted by Gasteiger charge is 2.33. The van der Waals surface area contributed by atoms with Crippen molar-refractivity contribution in [2.45, 2.75) is 32.5 Å². The molecule has 1 unspecified atom stereocenters. The van der Waals surface area contributed by atoms with E-state index >= 15 is 0 Å². The number of nitrogens with zero attached hydrogens (tertiary/aromatic N) is 5. The van der Waals surface area contributed by atoms with E-state index in [1.54, 1.807) is 30.6 Å². The fraction of sp³-hybridized carbons (Fsp3) is 0.818. The Balaban J connectivity index is 1.32. The van der Waals surface area contributed by atoms with Crippen molar-refractivity contribution in [1.29, 1.82) is 5.41 Å². The lowest BCUT2D eigenvalue weighted by Crippen LogP contribution is -2.54. The van der Waals surface area contributed by atoms with Crippen LogP contribution in [0.2, 0.25) is 0 Å². The first-order chi connectivity index (χ1) is 16.5. The molecule has 0 aromatic carbocycles. The van der Waals surface area contributed by atoms with E-state index in [4.69, 9.17) is 20.0 Å². The van der Waals surface area contributed by atoms with Gasteiger partial charge in [0.1, 0.15) is 11.7 Å². The molecule has 0 saturated carbocycles. The van der Waals surface area contributed by atoms with E-state index in [9.17, 15) is 14.4 Å². The van der Waals surface area contributed by atoms with Crippen molar-refractivity contribution in [3.05, 3.63) is 0 Å². The topological polar surface area (TPSA) is 142 Å². The molecule has 0 aliphatic carbocycles. The van der Waals surface area contributed by atoms with Gasteiger partial charge in [-0.25, -0.2) is 9.59 Å². The van der Waals surface area contributed by atoms with Crippen LogP contribution in [0.1, 0.15) is 20.8 Å². The lowest BCUT2D eigenvalue weighted by Gasteiger charge is -2.36. The van der Waals surface area contributed by atoms with Gasteiger partial charge in [-0.1, -0.05) is 0 Å². The highest BCUT2D eigenvalue weighted by molar-refractivity contribution is 5.92. The minimum absolute atomic E-state index is 0.0358. The Bertz CT molecular complexity index is 773. The fourth-order valence-electron chi connectivity index (χ4n) is 4.40. The Labute approximate surface area is 206 Å². The smallest absolute Gasteiger partial charge is 0.414 e. The summed E-state index contributed by atoms with van der Waals surface area (Å²) in [6.07, 6.45) is -1.10. The summed E-state index contributed by atoms with van der Waals surface area (Å²) in [5.41, 5.74) is -0.615. The number of ether oxygens (including phenoxy) is 2. The average molecular weight is 498 g/mol. The van der Waals surface area contributed by atoms with Crippen molar-refractivity contribution in [3.63, 3.8) is 0 Å². The fourth-order valence-corrected chi connectivity index (χ4v) is 4.40. The normalized spacial score (nSPS) is 22.7. The molecule has 35 heavy (non-hydrogen) atoms. The predicted octanol–water partition coefficient (Wildman–Crippen LogP) is -0.414. The van der Waals surface area contributed by atoms with Crippen LogP contribution in [0.4, 0.5) is 9.59 Å². The third-order valence-corrected chi connectivity index (χ3v) is 6.23. The largest absolute Gasteiger partial charge is 0.480 e. The van der Waals surface area contributed by atoms with Crippen molar-refractivity contribution >= 4 is 24.1 Å². The molecule has 13 nitrogen and oxygen atoms in total. The first kappa shape index (κ1) is 27.0. The number of guanidine groups is 1. The number of hydrogen-bond donors (Lipinski definition) is 3. The summed E-state index contributed by atoms with van der Waals surface area (Å²) in [6, 6.07) is 0. The Morgan fingerprint density at radius 2 is 1.63 bits per heavy atom. The van der Waals surface area contributed by atoms with Crippen molar-refractivity contribution in [1.82, 2.24) is 29.8 Å². The second-order valence-corrected chi connectivity index (χ2v) is 10.2. The van der Waals surface area contributed by atoms with Crippen molar-refractivity contribution in [3.8, 4) is 0 Å². The molecule has 3 aliphatic rings. The van der Waals surface area contributed by atoms with E-state index in [0.717, 1.165) is 32.7 Å². The van der Waals surface area contributed by atoms with Crippen molar-refractivity contribution in [2.24, 2.45) is 0 Å².